The second-order valence-electron chi connectivity index (χ2n) is 4.45. The molecule has 0 bridgehead atoms. The van der Waals surface area contributed by atoms with Gasteiger partial charge < -0.3 is 16.0 Å². The van der Waals surface area contributed by atoms with Gasteiger partial charge in [0.05, 0.1) is 5.70 Å². The summed E-state index contributed by atoms with van der Waals surface area (Å²) in [7, 11) is 2.13. The van der Waals surface area contributed by atoms with Crippen molar-refractivity contribution in [3.8, 4) is 0 Å². The van der Waals surface area contributed by atoms with Crippen LogP contribution in [0.1, 0.15) is 12.8 Å². The Hall–Kier alpha value is -1.07. The number of aliphatic imine (C=N–C) groups is 1. The third-order valence-corrected chi connectivity index (χ3v) is 3.24. The van der Waals surface area contributed by atoms with Gasteiger partial charge in [-0.2, -0.15) is 0 Å². The number of hydrogen-bond acceptors (Lipinski definition) is 5. The Morgan fingerprint density at radius 2 is 2.20 bits per heavy atom. The fraction of sp³-hybridized carbons (Fsp3) is 0.700. The molecule has 0 aliphatic carbocycles. The van der Waals surface area contributed by atoms with Crippen LogP contribution in [0.5, 0.6) is 0 Å². The van der Waals surface area contributed by atoms with Gasteiger partial charge in [0.25, 0.3) is 0 Å². The number of allylic oxidation sites excluding steroid dienone is 1. The quantitative estimate of drug-likeness (QED) is 0.539. The van der Waals surface area contributed by atoms with Gasteiger partial charge in [0.2, 0.25) is 0 Å². The van der Waals surface area contributed by atoms with Crippen molar-refractivity contribution in [2.45, 2.75) is 18.6 Å². The Morgan fingerprint density at radius 3 is 2.73 bits per heavy atom. The molecule has 1 atom stereocenters. The zero-order valence-corrected chi connectivity index (χ0v) is 9.11. The summed E-state index contributed by atoms with van der Waals surface area (Å²) in [6.07, 6.45) is 5.54. The molecule has 2 aliphatic rings. The molecule has 2 aliphatic heterocycles. The molecule has 5 N–H and O–H groups in total. The van der Waals surface area contributed by atoms with Crippen LogP contribution >= 0.6 is 0 Å². The van der Waals surface area contributed by atoms with Crippen LogP contribution in [-0.4, -0.2) is 37.0 Å². The van der Waals surface area contributed by atoms with Gasteiger partial charge in [0.15, 0.2) is 5.79 Å². The fourth-order valence-electron chi connectivity index (χ4n) is 2.13. The van der Waals surface area contributed by atoms with Crippen LogP contribution in [0.2, 0.25) is 0 Å². The van der Waals surface area contributed by atoms with Crippen LogP contribution in [-0.2, 0) is 0 Å². The van der Waals surface area contributed by atoms with Crippen LogP contribution in [0.25, 0.3) is 0 Å². The third kappa shape index (κ3) is 2.13. The number of nitrogens with two attached hydrogens (primary N) is 2. The fourth-order valence-corrected chi connectivity index (χ4v) is 2.13. The highest BCUT2D eigenvalue weighted by molar-refractivity contribution is 5.78. The number of likely N-dealkylation sites (tertiary alicyclic amines) is 1. The number of piperidine rings is 1. The monoisotopic (exact) mass is 209 g/mol. The number of nitrogens with zero attached hydrogens (tertiary/aromatic N) is 2. The Labute approximate surface area is 90.2 Å². The maximum atomic E-state index is 6.21. The third-order valence-electron chi connectivity index (χ3n) is 3.24. The summed E-state index contributed by atoms with van der Waals surface area (Å²) in [4.78, 5) is 6.64. The van der Waals surface area contributed by atoms with E-state index in [2.05, 4.69) is 22.3 Å². The number of hydrogen-bond donors (Lipinski definition) is 3. The standard InChI is InChI=1S/C10H19N5/c1-15-4-2-8(3-5-15)10(12)13-6-9(11)7-14-10/h6-8,13H,2-5,11-12H2,1H3. The first-order valence-corrected chi connectivity index (χ1v) is 5.36. The van der Waals surface area contributed by atoms with Gasteiger partial charge in [-0.15, -0.1) is 0 Å². The molecule has 0 aromatic rings. The Morgan fingerprint density at radius 1 is 1.53 bits per heavy atom. The van der Waals surface area contributed by atoms with E-state index in [0.717, 1.165) is 25.9 Å². The molecule has 1 unspecified atom stereocenters. The molecule has 84 valence electrons. The second-order valence-corrected chi connectivity index (χ2v) is 4.45. The first-order valence-electron chi connectivity index (χ1n) is 5.36. The van der Waals surface area contributed by atoms with E-state index in [-0.39, 0.29) is 0 Å². The average molecular weight is 209 g/mol. The van der Waals surface area contributed by atoms with Crippen molar-refractivity contribution in [2.75, 3.05) is 20.1 Å². The Kier molecular flexibility index (Phi) is 2.67. The molecule has 0 amide bonds. The van der Waals surface area contributed by atoms with Crippen LogP contribution in [0.3, 0.4) is 0 Å². The van der Waals surface area contributed by atoms with Gasteiger partial charge in [-0.25, -0.2) is 4.99 Å². The molecule has 0 spiro atoms. The van der Waals surface area contributed by atoms with E-state index >= 15 is 0 Å². The minimum atomic E-state index is -0.649. The van der Waals surface area contributed by atoms with Gasteiger partial charge in [0, 0.05) is 18.3 Å². The molecule has 1 saturated heterocycles. The highest BCUT2D eigenvalue weighted by Gasteiger charge is 2.36. The molecule has 15 heavy (non-hydrogen) atoms. The number of nitrogens with one attached hydrogen (secondary N) is 1. The van der Waals surface area contributed by atoms with Crippen molar-refractivity contribution >= 4 is 6.21 Å². The van der Waals surface area contributed by atoms with Crippen molar-refractivity contribution in [3.63, 3.8) is 0 Å². The van der Waals surface area contributed by atoms with Crippen LogP contribution in [0.4, 0.5) is 0 Å². The van der Waals surface area contributed by atoms with Crippen molar-refractivity contribution in [1.29, 1.82) is 0 Å². The summed E-state index contributed by atoms with van der Waals surface area (Å²) in [5, 5.41) is 3.10. The van der Waals surface area contributed by atoms with Crippen LogP contribution in [0.15, 0.2) is 16.9 Å². The molecule has 5 nitrogen and oxygen atoms in total. The first kappa shape index (κ1) is 10.4. The van der Waals surface area contributed by atoms with E-state index in [1.54, 1.807) is 12.4 Å². The van der Waals surface area contributed by atoms with Crippen molar-refractivity contribution in [2.24, 2.45) is 22.4 Å². The summed E-state index contributed by atoms with van der Waals surface area (Å²) >= 11 is 0. The van der Waals surface area contributed by atoms with Gasteiger partial charge in [-0.1, -0.05) is 0 Å². The number of rotatable bonds is 1. The van der Waals surface area contributed by atoms with Crippen molar-refractivity contribution < 1.29 is 0 Å². The van der Waals surface area contributed by atoms with E-state index in [4.69, 9.17) is 11.5 Å². The summed E-state index contributed by atoms with van der Waals surface area (Å²) in [6.45, 7) is 2.17. The summed E-state index contributed by atoms with van der Waals surface area (Å²) in [6, 6.07) is 0. The van der Waals surface area contributed by atoms with Gasteiger partial charge in [-0.3, -0.25) is 5.73 Å². The molecular formula is C10H19N5. The molecule has 5 heteroatoms. The van der Waals surface area contributed by atoms with Crippen molar-refractivity contribution in [3.05, 3.63) is 11.9 Å². The molecule has 0 aromatic carbocycles. The minimum Gasteiger partial charge on any atom is -0.396 e. The highest BCUT2D eigenvalue weighted by Crippen LogP contribution is 2.26. The van der Waals surface area contributed by atoms with Crippen molar-refractivity contribution in [1.82, 2.24) is 10.2 Å². The molecule has 2 rings (SSSR count). The maximum Gasteiger partial charge on any atom is 0.184 e. The predicted octanol–water partition coefficient (Wildman–Crippen LogP) is -0.585. The lowest BCUT2D eigenvalue weighted by atomic mass is 9.90. The lowest BCUT2D eigenvalue weighted by molar-refractivity contribution is 0.138. The highest BCUT2D eigenvalue weighted by atomic mass is 15.3. The minimum absolute atomic E-state index is 0.384. The SMILES string of the molecule is CN1CCC(C2(N)N=CC(N)=CN2)CC1. The van der Waals surface area contributed by atoms with Gasteiger partial charge in [0.1, 0.15) is 0 Å². The van der Waals surface area contributed by atoms with E-state index in [1.165, 1.54) is 0 Å². The summed E-state index contributed by atoms with van der Waals surface area (Å²) in [5.74, 6) is -0.265. The summed E-state index contributed by atoms with van der Waals surface area (Å²) in [5.41, 5.74) is 12.4. The second kappa shape index (κ2) is 3.83. The Balaban J connectivity index is 2.02. The van der Waals surface area contributed by atoms with E-state index in [0.29, 0.717) is 11.6 Å². The van der Waals surface area contributed by atoms with E-state index in [1.807, 2.05) is 0 Å². The lowest BCUT2D eigenvalue weighted by Crippen LogP contribution is -2.59. The molecule has 2 heterocycles. The smallest absolute Gasteiger partial charge is 0.184 e. The maximum absolute atomic E-state index is 6.21. The molecule has 0 saturated carbocycles. The van der Waals surface area contributed by atoms with Crippen LogP contribution in [0, 0.1) is 5.92 Å². The Bertz CT molecular complexity index is 290. The zero-order valence-electron chi connectivity index (χ0n) is 9.11. The van der Waals surface area contributed by atoms with Gasteiger partial charge in [-0.05, 0) is 33.0 Å². The normalized spacial score (nSPS) is 33.6. The lowest BCUT2D eigenvalue weighted by Gasteiger charge is -2.40. The molecule has 0 radical (unpaired) electrons. The largest absolute Gasteiger partial charge is 0.396 e. The van der Waals surface area contributed by atoms with E-state index < -0.39 is 5.79 Å². The summed E-state index contributed by atoms with van der Waals surface area (Å²) < 4.78 is 0. The zero-order chi connectivity index (χ0) is 10.9. The topological polar surface area (TPSA) is 79.7 Å². The van der Waals surface area contributed by atoms with Gasteiger partial charge >= 0.3 is 0 Å². The first-order chi connectivity index (χ1) is 7.10. The molecular weight excluding hydrogens is 190 g/mol. The molecule has 0 aromatic heterocycles. The van der Waals surface area contributed by atoms with Crippen LogP contribution < -0.4 is 16.8 Å². The van der Waals surface area contributed by atoms with E-state index in [9.17, 15) is 0 Å². The average Bonchev–Trinajstić information content (AvgIpc) is 2.24. The molecule has 1 fully saturated rings. The predicted molar refractivity (Wildman–Crippen MR) is 61.0 cm³/mol.